The van der Waals surface area contributed by atoms with Crippen LogP contribution in [0, 0.1) is 5.41 Å². The molecule has 0 saturated heterocycles. The van der Waals surface area contributed by atoms with Gasteiger partial charge in [0.2, 0.25) is 5.91 Å². The van der Waals surface area contributed by atoms with E-state index in [2.05, 4.69) is 25.6 Å². The number of carbonyl (C=O) groups is 4. The molecular weight excluding hydrogens is 542 g/mol. The number of ether oxygens (including phenoxy) is 3. The van der Waals surface area contributed by atoms with Crippen LogP contribution in [0.25, 0.3) is 11.0 Å². The van der Waals surface area contributed by atoms with Gasteiger partial charge in [0.05, 0.1) is 31.6 Å². The Balaban J connectivity index is 2.00. The van der Waals surface area contributed by atoms with Gasteiger partial charge in [-0.2, -0.15) is 0 Å². The van der Waals surface area contributed by atoms with Gasteiger partial charge in [0.1, 0.15) is 23.8 Å². The number of amides is 2. The summed E-state index contributed by atoms with van der Waals surface area (Å²) in [5.74, 6) is -1.61. The molecule has 3 rings (SSSR count). The van der Waals surface area contributed by atoms with E-state index in [-0.39, 0.29) is 43.2 Å². The van der Waals surface area contributed by atoms with E-state index in [9.17, 15) is 19.2 Å². The number of esters is 2. The van der Waals surface area contributed by atoms with Gasteiger partial charge < -0.3 is 29.8 Å². The normalized spacial score (nSPS) is 12.0. The van der Waals surface area contributed by atoms with Gasteiger partial charge in [-0.05, 0) is 50.8 Å². The monoisotopic (exact) mass is 581 g/mol. The molecule has 3 aromatic rings. The topological polar surface area (TPSA) is 162 Å². The van der Waals surface area contributed by atoms with E-state index in [1.165, 1.54) is 19.5 Å². The van der Waals surface area contributed by atoms with Crippen LogP contribution in [0.2, 0.25) is 0 Å². The zero-order valence-corrected chi connectivity index (χ0v) is 25.0. The van der Waals surface area contributed by atoms with Crippen molar-refractivity contribution in [2.45, 2.75) is 66.3 Å². The number of fused-ring (bicyclic) bond motifs is 1. The second-order valence-corrected chi connectivity index (χ2v) is 10.6. The molecule has 12 heteroatoms. The summed E-state index contributed by atoms with van der Waals surface area (Å²) < 4.78 is 15.7. The Morgan fingerprint density at radius 1 is 1.05 bits per heavy atom. The summed E-state index contributed by atoms with van der Waals surface area (Å²) in [6.07, 6.45) is 5.86. The lowest BCUT2D eigenvalue weighted by Gasteiger charge is -2.24. The Bertz CT molecular complexity index is 1430. The van der Waals surface area contributed by atoms with Crippen molar-refractivity contribution in [3.63, 3.8) is 0 Å². The molecule has 0 unspecified atom stereocenters. The number of carbonyl (C=O) groups excluding carboxylic acids is 4. The van der Waals surface area contributed by atoms with E-state index in [1.54, 1.807) is 46.9 Å². The Labute approximate surface area is 244 Å². The highest BCUT2D eigenvalue weighted by Gasteiger charge is 2.29. The van der Waals surface area contributed by atoms with Gasteiger partial charge in [-0.25, -0.2) is 14.8 Å². The molecule has 3 N–H and O–H groups in total. The quantitative estimate of drug-likeness (QED) is 0.255. The van der Waals surface area contributed by atoms with Crippen LogP contribution in [0.3, 0.4) is 0 Å². The standard InChI is InChI=1S/C30H39N5O7/c1-7-41-24(36)14-12-22(28(38)42-8-2)34-27(37)20-11-13-23(40-6)19(25(20)35-29(39)30(3,4)5)10-9-18-15-32-26-21(18)16-31-17-33-26/h11,13,15-17,22H,7-10,12,14H2,1-6H3,(H,34,37)(H,35,39)(H,31,32,33)/t22-/m0/s1. The van der Waals surface area contributed by atoms with Crippen molar-refractivity contribution >= 4 is 40.5 Å². The average Bonchev–Trinajstić information content (AvgIpc) is 3.36. The van der Waals surface area contributed by atoms with Crippen LogP contribution < -0.4 is 15.4 Å². The van der Waals surface area contributed by atoms with Crippen molar-refractivity contribution in [2.75, 3.05) is 25.6 Å². The summed E-state index contributed by atoms with van der Waals surface area (Å²) in [6.45, 7) is 8.93. The fourth-order valence-corrected chi connectivity index (χ4v) is 4.30. The molecule has 42 heavy (non-hydrogen) atoms. The van der Waals surface area contributed by atoms with Crippen LogP contribution in [-0.4, -0.2) is 65.1 Å². The number of hydrogen-bond donors (Lipinski definition) is 3. The van der Waals surface area contributed by atoms with E-state index in [4.69, 9.17) is 14.2 Å². The van der Waals surface area contributed by atoms with Gasteiger partial charge in [-0.3, -0.25) is 14.4 Å². The fourth-order valence-electron chi connectivity index (χ4n) is 4.30. The molecule has 2 amide bonds. The maximum Gasteiger partial charge on any atom is 0.328 e. The third-order valence-electron chi connectivity index (χ3n) is 6.56. The molecule has 0 aliphatic heterocycles. The first kappa shape index (κ1) is 32.0. The van der Waals surface area contributed by atoms with Crippen molar-refractivity contribution in [2.24, 2.45) is 5.41 Å². The lowest BCUT2D eigenvalue weighted by Crippen LogP contribution is -2.42. The van der Waals surface area contributed by atoms with Crippen molar-refractivity contribution < 1.29 is 33.4 Å². The van der Waals surface area contributed by atoms with Gasteiger partial charge in [0.25, 0.3) is 5.91 Å². The van der Waals surface area contributed by atoms with Crippen LogP contribution >= 0.6 is 0 Å². The van der Waals surface area contributed by atoms with Crippen LogP contribution in [0.15, 0.2) is 30.9 Å². The molecule has 0 saturated carbocycles. The Kier molecular flexibility index (Phi) is 11.0. The second kappa shape index (κ2) is 14.4. The van der Waals surface area contributed by atoms with Gasteiger partial charge >= 0.3 is 11.9 Å². The minimum Gasteiger partial charge on any atom is -0.496 e. The van der Waals surface area contributed by atoms with Gasteiger partial charge in [0, 0.05) is 35.2 Å². The zero-order chi connectivity index (χ0) is 30.9. The Morgan fingerprint density at radius 2 is 1.79 bits per heavy atom. The number of aromatic nitrogens is 3. The van der Waals surface area contributed by atoms with Crippen LogP contribution in [-0.2, 0) is 36.7 Å². The minimum absolute atomic E-state index is 0.0151. The lowest BCUT2D eigenvalue weighted by molar-refractivity contribution is -0.146. The third kappa shape index (κ3) is 8.05. The maximum absolute atomic E-state index is 13.7. The second-order valence-electron chi connectivity index (χ2n) is 10.6. The largest absolute Gasteiger partial charge is 0.496 e. The first-order chi connectivity index (χ1) is 20.0. The average molecular weight is 582 g/mol. The number of aryl methyl sites for hydroxylation is 1. The number of methoxy groups -OCH3 is 1. The molecule has 226 valence electrons. The van der Waals surface area contributed by atoms with Crippen molar-refractivity contribution in [1.29, 1.82) is 0 Å². The molecule has 0 bridgehead atoms. The summed E-state index contributed by atoms with van der Waals surface area (Å²) in [5, 5.41) is 6.49. The molecule has 1 atom stereocenters. The molecule has 12 nitrogen and oxygen atoms in total. The van der Waals surface area contributed by atoms with Crippen molar-refractivity contribution in [3.05, 3.63) is 47.5 Å². The first-order valence-corrected chi connectivity index (χ1v) is 13.9. The predicted octanol–water partition coefficient (Wildman–Crippen LogP) is 3.74. The summed E-state index contributed by atoms with van der Waals surface area (Å²) in [7, 11) is 1.51. The molecular formula is C30H39N5O7. The van der Waals surface area contributed by atoms with E-state index in [0.29, 0.717) is 29.8 Å². The predicted molar refractivity (Wildman–Crippen MR) is 156 cm³/mol. The molecule has 0 aliphatic rings. The number of H-pyrrole nitrogens is 1. The van der Waals surface area contributed by atoms with E-state index < -0.39 is 29.3 Å². The van der Waals surface area contributed by atoms with Crippen LogP contribution in [0.5, 0.6) is 5.75 Å². The summed E-state index contributed by atoms with van der Waals surface area (Å²) in [5.41, 5.74) is 1.90. The van der Waals surface area contributed by atoms with E-state index in [0.717, 1.165) is 10.9 Å². The molecule has 0 fully saturated rings. The third-order valence-corrected chi connectivity index (χ3v) is 6.56. The highest BCUT2D eigenvalue weighted by atomic mass is 16.5. The number of aromatic amines is 1. The fraction of sp³-hybridized carbons (Fsp3) is 0.467. The SMILES string of the molecule is CCOC(=O)CC[C@H](NC(=O)c1ccc(OC)c(CCc2c[nH]c3ncncc23)c1NC(=O)C(C)(C)C)C(=O)OCC. The number of anilines is 1. The number of hydrogen-bond acceptors (Lipinski definition) is 9. The smallest absolute Gasteiger partial charge is 0.328 e. The maximum atomic E-state index is 13.7. The highest BCUT2D eigenvalue weighted by Crippen LogP contribution is 2.34. The van der Waals surface area contributed by atoms with Gasteiger partial charge in [0.15, 0.2) is 0 Å². The number of nitrogens with zero attached hydrogens (tertiary/aromatic N) is 2. The summed E-state index contributed by atoms with van der Waals surface area (Å²) in [6, 6.07) is 2.07. The highest BCUT2D eigenvalue weighted by molar-refractivity contribution is 6.07. The molecule has 1 aromatic carbocycles. The summed E-state index contributed by atoms with van der Waals surface area (Å²) in [4.78, 5) is 63.0. The zero-order valence-electron chi connectivity index (χ0n) is 25.0. The van der Waals surface area contributed by atoms with Crippen LogP contribution in [0.1, 0.15) is 68.9 Å². The number of rotatable bonds is 13. The number of nitrogens with one attached hydrogen (secondary N) is 3. The van der Waals surface area contributed by atoms with Crippen molar-refractivity contribution in [1.82, 2.24) is 20.3 Å². The molecule has 0 radical (unpaired) electrons. The molecule has 2 aromatic heterocycles. The van der Waals surface area contributed by atoms with E-state index in [1.807, 2.05) is 6.20 Å². The molecule has 0 spiro atoms. The van der Waals surface area contributed by atoms with Gasteiger partial charge in [-0.15, -0.1) is 0 Å². The number of benzene rings is 1. The van der Waals surface area contributed by atoms with Gasteiger partial charge in [-0.1, -0.05) is 20.8 Å². The minimum atomic E-state index is -1.11. The summed E-state index contributed by atoms with van der Waals surface area (Å²) >= 11 is 0. The molecule has 0 aliphatic carbocycles. The Morgan fingerprint density at radius 3 is 2.45 bits per heavy atom. The van der Waals surface area contributed by atoms with E-state index >= 15 is 0 Å². The lowest BCUT2D eigenvalue weighted by atomic mass is 9.93. The van der Waals surface area contributed by atoms with Crippen molar-refractivity contribution in [3.8, 4) is 5.75 Å². The molecule has 2 heterocycles. The Hall–Kier alpha value is -4.48. The van der Waals surface area contributed by atoms with Crippen LogP contribution in [0.4, 0.5) is 5.69 Å². The first-order valence-electron chi connectivity index (χ1n) is 13.9.